The van der Waals surface area contributed by atoms with Crippen LogP contribution < -0.4 is 4.90 Å². The van der Waals surface area contributed by atoms with Gasteiger partial charge in [0.15, 0.2) is 0 Å². The average Bonchev–Trinajstić information content (AvgIpc) is 2.38. The molecule has 1 aliphatic rings. The van der Waals surface area contributed by atoms with Crippen LogP contribution in [0.25, 0.3) is 0 Å². The van der Waals surface area contributed by atoms with Crippen LogP contribution in [0, 0.1) is 6.92 Å². The molecule has 2 aromatic rings. The van der Waals surface area contributed by atoms with Crippen LogP contribution in [0.5, 0.6) is 0 Å². The van der Waals surface area contributed by atoms with Crippen LogP contribution >= 0.6 is 11.6 Å². The molecule has 1 aromatic heterocycles. The molecule has 0 spiro atoms. The molecule has 0 aliphatic carbocycles. The molecule has 0 atom stereocenters. The third-order valence-electron chi connectivity index (χ3n) is 3.58. The zero-order valence-electron chi connectivity index (χ0n) is 11.1. The normalized spacial score (nSPS) is 14.3. The molecule has 0 saturated carbocycles. The van der Waals surface area contributed by atoms with Crippen molar-refractivity contribution >= 4 is 17.3 Å². The van der Waals surface area contributed by atoms with Gasteiger partial charge in [0.05, 0.1) is 12.2 Å². The second kappa shape index (κ2) is 5.22. The minimum Gasteiger partial charge on any atom is -0.365 e. The Morgan fingerprint density at radius 2 is 2.16 bits per heavy atom. The van der Waals surface area contributed by atoms with Gasteiger partial charge in [0.25, 0.3) is 0 Å². The van der Waals surface area contributed by atoms with E-state index in [-0.39, 0.29) is 0 Å². The van der Waals surface area contributed by atoms with Gasteiger partial charge in [0, 0.05) is 12.2 Å². The van der Waals surface area contributed by atoms with E-state index in [4.69, 9.17) is 11.6 Å². The van der Waals surface area contributed by atoms with Crippen molar-refractivity contribution < 1.29 is 0 Å². The molecule has 3 heteroatoms. The number of nitrogens with zero attached hydrogens (tertiary/aromatic N) is 2. The lowest BCUT2D eigenvalue weighted by molar-refractivity contribution is 0.683. The molecule has 0 saturated heterocycles. The first-order chi connectivity index (χ1) is 9.22. The van der Waals surface area contributed by atoms with E-state index in [1.165, 1.54) is 29.7 Å². The van der Waals surface area contributed by atoms with Gasteiger partial charge >= 0.3 is 0 Å². The van der Waals surface area contributed by atoms with Gasteiger partial charge in [-0.05, 0) is 43.5 Å². The third kappa shape index (κ3) is 2.74. The molecule has 2 heterocycles. The quantitative estimate of drug-likeness (QED) is 0.769. The second-order valence-corrected chi connectivity index (χ2v) is 5.50. The SMILES string of the molecule is Cc1ccc2c(c1)CCCN2Cc1cccc(Cl)n1. The lowest BCUT2D eigenvalue weighted by Crippen LogP contribution is -2.29. The molecule has 0 fully saturated rings. The molecule has 19 heavy (non-hydrogen) atoms. The highest BCUT2D eigenvalue weighted by atomic mass is 35.5. The average molecular weight is 273 g/mol. The summed E-state index contributed by atoms with van der Waals surface area (Å²) in [6.07, 6.45) is 2.38. The molecule has 0 amide bonds. The van der Waals surface area contributed by atoms with E-state index in [9.17, 15) is 0 Å². The summed E-state index contributed by atoms with van der Waals surface area (Å²) in [5, 5.41) is 0.568. The number of halogens is 1. The highest BCUT2D eigenvalue weighted by molar-refractivity contribution is 6.29. The fraction of sp³-hybridized carbons (Fsp3) is 0.312. The predicted molar refractivity (Wildman–Crippen MR) is 79.8 cm³/mol. The Morgan fingerprint density at radius 3 is 3.00 bits per heavy atom. The van der Waals surface area contributed by atoms with E-state index in [0.717, 1.165) is 18.8 Å². The first-order valence-electron chi connectivity index (χ1n) is 6.68. The van der Waals surface area contributed by atoms with Crippen LogP contribution in [0.15, 0.2) is 36.4 Å². The number of aromatic nitrogens is 1. The summed E-state index contributed by atoms with van der Waals surface area (Å²) in [6, 6.07) is 12.5. The number of hydrogen-bond donors (Lipinski definition) is 0. The zero-order valence-corrected chi connectivity index (χ0v) is 11.8. The summed E-state index contributed by atoms with van der Waals surface area (Å²) in [7, 11) is 0. The summed E-state index contributed by atoms with van der Waals surface area (Å²) in [4.78, 5) is 6.78. The first kappa shape index (κ1) is 12.5. The molecule has 3 rings (SSSR count). The summed E-state index contributed by atoms with van der Waals surface area (Å²) in [5.74, 6) is 0. The minimum absolute atomic E-state index is 0.568. The highest BCUT2D eigenvalue weighted by Gasteiger charge is 2.17. The Bertz CT molecular complexity index is 595. The van der Waals surface area contributed by atoms with Crippen molar-refractivity contribution in [3.63, 3.8) is 0 Å². The molecule has 0 bridgehead atoms. The topological polar surface area (TPSA) is 16.1 Å². The Morgan fingerprint density at radius 1 is 1.26 bits per heavy atom. The smallest absolute Gasteiger partial charge is 0.129 e. The van der Waals surface area contributed by atoms with Gasteiger partial charge < -0.3 is 4.90 Å². The second-order valence-electron chi connectivity index (χ2n) is 5.11. The van der Waals surface area contributed by atoms with E-state index in [1.54, 1.807) is 0 Å². The number of pyridine rings is 1. The summed E-state index contributed by atoms with van der Waals surface area (Å²) in [5.41, 5.74) is 5.16. The number of benzene rings is 1. The van der Waals surface area contributed by atoms with Crippen LogP contribution in [0.4, 0.5) is 5.69 Å². The maximum atomic E-state index is 5.95. The van der Waals surface area contributed by atoms with E-state index in [1.807, 2.05) is 18.2 Å². The van der Waals surface area contributed by atoms with Gasteiger partial charge in [0.1, 0.15) is 5.15 Å². The molecule has 0 radical (unpaired) electrons. The molecular weight excluding hydrogens is 256 g/mol. The molecule has 1 aromatic carbocycles. The minimum atomic E-state index is 0.568. The Balaban J connectivity index is 1.87. The Hall–Kier alpha value is -1.54. The van der Waals surface area contributed by atoms with Crippen LogP contribution in [-0.2, 0) is 13.0 Å². The molecule has 98 valence electrons. The van der Waals surface area contributed by atoms with Crippen LogP contribution in [-0.4, -0.2) is 11.5 Å². The predicted octanol–water partition coefficient (Wildman–Crippen LogP) is 4.00. The lowest BCUT2D eigenvalue weighted by Gasteiger charge is -2.31. The van der Waals surface area contributed by atoms with E-state index >= 15 is 0 Å². The molecular formula is C16H17ClN2. The van der Waals surface area contributed by atoms with E-state index in [2.05, 4.69) is 35.0 Å². The van der Waals surface area contributed by atoms with Gasteiger partial charge in [-0.15, -0.1) is 0 Å². The van der Waals surface area contributed by atoms with Crippen molar-refractivity contribution in [1.82, 2.24) is 4.98 Å². The number of aryl methyl sites for hydroxylation is 2. The number of hydrogen-bond acceptors (Lipinski definition) is 2. The van der Waals surface area contributed by atoms with Crippen molar-refractivity contribution in [2.24, 2.45) is 0 Å². The zero-order chi connectivity index (χ0) is 13.2. The molecule has 0 N–H and O–H groups in total. The number of anilines is 1. The summed E-state index contributed by atoms with van der Waals surface area (Å²) < 4.78 is 0. The highest BCUT2D eigenvalue weighted by Crippen LogP contribution is 2.29. The summed E-state index contributed by atoms with van der Waals surface area (Å²) in [6.45, 7) is 4.07. The molecule has 0 unspecified atom stereocenters. The van der Waals surface area contributed by atoms with Gasteiger partial charge in [-0.1, -0.05) is 35.4 Å². The van der Waals surface area contributed by atoms with Gasteiger partial charge in [0.2, 0.25) is 0 Å². The Labute approximate surface area is 119 Å². The van der Waals surface area contributed by atoms with E-state index in [0.29, 0.717) is 5.15 Å². The number of fused-ring (bicyclic) bond motifs is 1. The van der Waals surface area contributed by atoms with Crippen molar-refractivity contribution in [2.75, 3.05) is 11.4 Å². The number of rotatable bonds is 2. The van der Waals surface area contributed by atoms with Crippen molar-refractivity contribution in [1.29, 1.82) is 0 Å². The monoisotopic (exact) mass is 272 g/mol. The van der Waals surface area contributed by atoms with Gasteiger partial charge in [-0.3, -0.25) is 0 Å². The van der Waals surface area contributed by atoms with Gasteiger partial charge in [-0.25, -0.2) is 4.98 Å². The van der Waals surface area contributed by atoms with Crippen LogP contribution in [0.1, 0.15) is 23.2 Å². The third-order valence-corrected chi connectivity index (χ3v) is 3.79. The maximum absolute atomic E-state index is 5.95. The van der Waals surface area contributed by atoms with Crippen molar-refractivity contribution in [2.45, 2.75) is 26.3 Å². The van der Waals surface area contributed by atoms with Crippen molar-refractivity contribution in [3.05, 3.63) is 58.4 Å². The molecule has 1 aliphatic heterocycles. The van der Waals surface area contributed by atoms with Crippen LogP contribution in [0.3, 0.4) is 0 Å². The fourth-order valence-corrected chi connectivity index (χ4v) is 2.88. The Kier molecular flexibility index (Phi) is 3.43. The lowest BCUT2D eigenvalue weighted by atomic mass is 9.99. The van der Waals surface area contributed by atoms with E-state index < -0.39 is 0 Å². The maximum Gasteiger partial charge on any atom is 0.129 e. The summed E-state index contributed by atoms with van der Waals surface area (Å²) >= 11 is 5.95. The first-order valence-corrected chi connectivity index (χ1v) is 7.06. The van der Waals surface area contributed by atoms with Crippen molar-refractivity contribution in [3.8, 4) is 0 Å². The largest absolute Gasteiger partial charge is 0.365 e. The molecule has 2 nitrogen and oxygen atoms in total. The van der Waals surface area contributed by atoms with Gasteiger partial charge in [-0.2, -0.15) is 0 Å². The fourth-order valence-electron chi connectivity index (χ4n) is 2.70. The van der Waals surface area contributed by atoms with Crippen LogP contribution in [0.2, 0.25) is 5.15 Å². The standard InChI is InChI=1S/C16H17ClN2/c1-12-7-8-15-13(10-12)4-3-9-19(15)11-14-5-2-6-16(17)18-14/h2,5-8,10H,3-4,9,11H2,1H3.